The molecule has 2 aromatic rings. The van der Waals surface area contributed by atoms with Crippen molar-refractivity contribution in [2.24, 2.45) is 4.99 Å². The Hall–Kier alpha value is -3.26. The largest absolute Gasteiger partial charge is 0.493 e. The zero-order chi connectivity index (χ0) is 22.8. The third kappa shape index (κ3) is 6.62. The number of nitrogens with one attached hydrogen (secondary N) is 3. The summed E-state index contributed by atoms with van der Waals surface area (Å²) < 4.78 is 16.1. The number of carbonyl (C=O) groups excluding carboxylic acids is 1. The minimum atomic E-state index is -0.349. The molecular formula is C24H32N4O4. The third-order valence-corrected chi connectivity index (χ3v) is 5.09. The summed E-state index contributed by atoms with van der Waals surface area (Å²) in [5, 5.41) is 9.53. The average molecular weight is 441 g/mol. The van der Waals surface area contributed by atoms with Crippen LogP contribution in [0.25, 0.3) is 0 Å². The van der Waals surface area contributed by atoms with Gasteiger partial charge in [-0.1, -0.05) is 18.2 Å². The Morgan fingerprint density at radius 2 is 1.94 bits per heavy atom. The third-order valence-electron chi connectivity index (χ3n) is 5.09. The lowest BCUT2D eigenvalue weighted by Gasteiger charge is -2.14. The van der Waals surface area contributed by atoms with Crippen molar-refractivity contribution in [2.75, 3.05) is 32.7 Å². The molecule has 32 heavy (non-hydrogen) atoms. The summed E-state index contributed by atoms with van der Waals surface area (Å²) >= 11 is 0. The molecule has 1 fully saturated rings. The Bertz CT molecular complexity index is 926. The highest BCUT2D eigenvalue weighted by Crippen LogP contribution is 2.27. The molecule has 1 heterocycles. The first-order valence-electron chi connectivity index (χ1n) is 10.9. The zero-order valence-corrected chi connectivity index (χ0v) is 18.9. The molecule has 3 rings (SSSR count). The number of rotatable bonds is 9. The van der Waals surface area contributed by atoms with Gasteiger partial charge in [0.1, 0.15) is 6.10 Å². The number of hydrogen-bond acceptors (Lipinski definition) is 5. The van der Waals surface area contributed by atoms with E-state index in [1.54, 1.807) is 14.2 Å². The van der Waals surface area contributed by atoms with E-state index in [0.717, 1.165) is 36.2 Å². The van der Waals surface area contributed by atoms with E-state index in [9.17, 15) is 4.79 Å². The van der Waals surface area contributed by atoms with Crippen molar-refractivity contribution in [3.05, 3.63) is 53.6 Å². The van der Waals surface area contributed by atoms with Crippen LogP contribution in [0.1, 0.15) is 30.9 Å². The van der Waals surface area contributed by atoms with E-state index in [1.807, 2.05) is 49.4 Å². The normalized spacial score (nSPS) is 15.8. The Morgan fingerprint density at radius 3 is 2.66 bits per heavy atom. The average Bonchev–Trinajstić information content (AvgIpc) is 3.36. The summed E-state index contributed by atoms with van der Waals surface area (Å²) in [7, 11) is 3.24. The number of anilines is 1. The molecule has 0 bridgehead atoms. The van der Waals surface area contributed by atoms with Crippen LogP contribution in [0.3, 0.4) is 0 Å². The Morgan fingerprint density at radius 1 is 1.09 bits per heavy atom. The molecule has 3 N–H and O–H groups in total. The maximum Gasteiger partial charge on any atom is 0.253 e. The van der Waals surface area contributed by atoms with Gasteiger partial charge in [0.05, 0.1) is 20.8 Å². The van der Waals surface area contributed by atoms with Crippen molar-refractivity contribution >= 4 is 17.6 Å². The highest BCUT2D eigenvalue weighted by atomic mass is 16.5. The van der Waals surface area contributed by atoms with Crippen molar-refractivity contribution in [2.45, 2.75) is 39.0 Å². The molecule has 1 aliphatic heterocycles. The lowest BCUT2D eigenvalue weighted by Crippen LogP contribution is -2.36. The van der Waals surface area contributed by atoms with Crippen LogP contribution in [0.5, 0.6) is 11.5 Å². The van der Waals surface area contributed by atoms with Gasteiger partial charge in [0.25, 0.3) is 5.91 Å². The summed E-state index contributed by atoms with van der Waals surface area (Å²) in [4.78, 5) is 17.0. The molecule has 2 aromatic carbocycles. The molecule has 0 aromatic heterocycles. The summed E-state index contributed by atoms with van der Waals surface area (Å²) in [6.07, 6.45) is 1.35. The molecule has 8 nitrogen and oxygen atoms in total. The molecule has 1 amide bonds. The standard InChI is InChI=1S/C24H32N4O4/c1-4-25-24(27-16-18-10-11-20(30-2)22(14-18)31-3)26-15-17-7-5-8-19(13-17)28-23(29)21-9-6-12-32-21/h5,7-8,10-11,13-14,21H,4,6,9,12,15-16H2,1-3H3,(H,28,29)(H2,25,26,27). The topological polar surface area (TPSA) is 93.2 Å². The monoisotopic (exact) mass is 440 g/mol. The van der Waals surface area contributed by atoms with Crippen molar-refractivity contribution < 1.29 is 19.0 Å². The smallest absolute Gasteiger partial charge is 0.253 e. The maximum absolute atomic E-state index is 12.3. The zero-order valence-electron chi connectivity index (χ0n) is 18.9. The molecule has 0 spiro atoms. The van der Waals surface area contributed by atoms with Gasteiger partial charge in [0, 0.05) is 25.4 Å². The van der Waals surface area contributed by atoms with E-state index in [1.165, 1.54) is 0 Å². The summed E-state index contributed by atoms with van der Waals surface area (Å²) in [5.74, 6) is 2.00. The number of guanidine groups is 1. The predicted octanol–water partition coefficient (Wildman–Crippen LogP) is 3.08. The summed E-state index contributed by atoms with van der Waals surface area (Å²) in [6, 6.07) is 13.5. The quantitative estimate of drug-likeness (QED) is 0.410. The second-order valence-electron chi connectivity index (χ2n) is 7.43. The summed E-state index contributed by atoms with van der Waals surface area (Å²) in [5.41, 5.74) is 2.80. The first-order chi connectivity index (χ1) is 15.6. The number of hydrogen-bond donors (Lipinski definition) is 3. The first-order valence-corrected chi connectivity index (χ1v) is 10.9. The number of aliphatic imine (C=N–C) groups is 1. The van der Waals surface area contributed by atoms with Gasteiger partial charge in [-0.25, -0.2) is 4.99 Å². The molecule has 8 heteroatoms. The first kappa shape index (κ1) is 23.4. The number of ether oxygens (including phenoxy) is 3. The van der Waals surface area contributed by atoms with Crippen LogP contribution < -0.4 is 25.4 Å². The fourth-order valence-electron chi connectivity index (χ4n) is 3.44. The number of methoxy groups -OCH3 is 2. The lowest BCUT2D eigenvalue weighted by atomic mass is 10.2. The molecule has 172 valence electrons. The van der Waals surface area contributed by atoms with Gasteiger partial charge in [-0.15, -0.1) is 0 Å². The second kappa shape index (κ2) is 12.0. The Kier molecular flexibility index (Phi) is 8.74. The molecule has 0 saturated carbocycles. The van der Waals surface area contributed by atoms with Gasteiger partial charge < -0.3 is 30.2 Å². The van der Waals surface area contributed by atoms with Crippen molar-refractivity contribution in [1.29, 1.82) is 0 Å². The highest BCUT2D eigenvalue weighted by molar-refractivity contribution is 5.94. The number of amides is 1. The summed E-state index contributed by atoms with van der Waals surface area (Å²) in [6.45, 7) is 4.48. The molecule has 0 aliphatic carbocycles. The van der Waals surface area contributed by atoms with Gasteiger partial charge in [-0.3, -0.25) is 4.79 Å². The molecule has 1 atom stereocenters. The van der Waals surface area contributed by atoms with Crippen molar-refractivity contribution in [3.8, 4) is 11.5 Å². The van der Waals surface area contributed by atoms with Gasteiger partial charge in [-0.05, 0) is 55.2 Å². The van der Waals surface area contributed by atoms with Crippen LogP contribution in [-0.4, -0.2) is 45.3 Å². The number of carbonyl (C=O) groups is 1. The molecule has 1 saturated heterocycles. The van der Waals surface area contributed by atoms with Gasteiger partial charge in [0.2, 0.25) is 0 Å². The number of benzene rings is 2. The van der Waals surface area contributed by atoms with Crippen LogP contribution in [0, 0.1) is 0 Å². The molecule has 1 unspecified atom stereocenters. The molecule has 1 aliphatic rings. The molecule has 0 radical (unpaired) electrons. The SMILES string of the molecule is CCNC(=NCc1cccc(NC(=O)C2CCCO2)c1)NCc1ccc(OC)c(OC)c1. The van der Waals surface area contributed by atoms with E-state index in [2.05, 4.69) is 20.9 Å². The van der Waals surface area contributed by atoms with E-state index in [4.69, 9.17) is 14.2 Å². The lowest BCUT2D eigenvalue weighted by molar-refractivity contribution is -0.124. The van der Waals surface area contributed by atoms with Gasteiger partial charge in [-0.2, -0.15) is 0 Å². The highest BCUT2D eigenvalue weighted by Gasteiger charge is 2.23. The van der Waals surface area contributed by atoms with Gasteiger partial charge in [0.15, 0.2) is 17.5 Å². The Labute approximate surface area is 189 Å². The van der Waals surface area contributed by atoms with E-state index in [0.29, 0.717) is 37.2 Å². The van der Waals surface area contributed by atoms with Crippen LogP contribution in [0.15, 0.2) is 47.5 Å². The fourth-order valence-corrected chi connectivity index (χ4v) is 3.44. The fraction of sp³-hybridized carbons (Fsp3) is 0.417. The van der Waals surface area contributed by atoms with E-state index in [-0.39, 0.29) is 12.0 Å². The number of nitrogens with zero attached hydrogens (tertiary/aromatic N) is 1. The van der Waals surface area contributed by atoms with Crippen LogP contribution >= 0.6 is 0 Å². The predicted molar refractivity (Wildman–Crippen MR) is 125 cm³/mol. The van der Waals surface area contributed by atoms with Crippen LogP contribution in [-0.2, 0) is 22.6 Å². The second-order valence-corrected chi connectivity index (χ2v) is 7.43. The maximum atomic E-state index is 12.3. The minimum absolute atomic E-state index is 0.0897. The van der Waals surface area contributed by atoms with Crippen LogP contribution in [0.4, 0.5) is 5.69 Å². The van der Waals surface area contributed by atoms with Crippen molar-refractivity contribution in [1.82, 2.24) is 10.6 Å². The Balaban J connectivity index is 1.60. The minimum Gasteiger partial charge on any atom is -0.493 e. The van der Waals surface area contributed by atoms with Gasteiger partial charge >= 0.3 is 0 Å². The van der Waals surface area contributed by atoms with E-state index >= 15 is 0 Å². The van der Waals surface area contributed by atoms with Crippen LogP contribution in [0.2, 0.25) is 0 Å². The van der Waals surface area contributed by atoms with Crippen molar-refractivity contribution in [3.63, 3.8) is 0 Å². The molecular weight excluding hydrogens is 408 g/mol. The van der Waals surface area contributed by atoms with E-state index < -0.39 is 0 Å².